The summed E-state index contributed by atoms with van der Waals surface area (Å²) in [4.78, 5) is 33.6. The molecule has 140 valence electrons. The fourth-order valence-electron chi connectivity index (χ4n) is 2.74. The van der Waals surface area contributed by atoms with Crippen LogP contribution in [0.2, 0.25) is 0 Å². The van der Waals surface area contributed by atoms with Crippen LogP contribution in [-0.2, 0) is 9.53 Å². The monoisotopic (exact) mass is 380 g/mol. The second kappa shape index (κ2) is 6.88. The minimum atomic E-state index is -0.973. The van der Waals surface area contributed by atoms with Gasteiger partial charge in [0.15, 0.2) is 6.61 Å². The van der Waals surface area contributed by atoms with Crippen LogP contribution in [0.5, 0.6) is 0 Å². The average Bonchev–Trinajstić information content (AvgIpc) is 3.31. The summed E-state index contributed by atoms with van der Waals surface area (Å²) in [6.45, 7) is -0.572. The normalized spacial score (nSPS) is 10.9. The van der Waals surface area contributed by atoms with Gasteiger partial charge in [-0.25, -0.2) is 4.79 Å². The van der Waals surface area contributed by atoms with Crippen molar-refractivity contribution in [3.63, 3.8) is 0 Å². The Labute approximate surface area is 156 Å². The maximum atomic E-state index is 12.0. The van der Waals surface area contributed by atoms with Gasteiger partial charge < -0.3 is 18.9 Å². The second-order valence-corrected chi connectivity index (χ2v) is 5.83. The van der Waals surface area contributed by atoms with Gasteiger partial charge in [-0.1, -0.05) is 18.2 Å². The molecule has 4 rings (SSSR count). The number of fused-ring (bicyclic) bond motifs is 3. The molecule has 0 aliphatic heterocycles. The van der Waals surface area contributed by atoms with Crippen molar-refractivity contribution in [2.45, 2.75) is 0 Å². The first-order valence-electron chi connectivity index (χ1n) is 8.14. The summed E-state index contributed by atoms with van der Waals surface area (Å²) in [6.07, 6.45) is 0. The summed E-state index contributed by atoms with van der Waals surface area (Å²) in [5.41, 5.74) is 1.93. The predicted octanol–water partition coefficient (Wildman–Crippen LogP) is 3.88. The summed E-state index contributed by atoms with van der Waals surface area (Å²) in [6, 6.07) is 14.8. The van der Waals surface area contributed by atoms with Gasteiger partial charge in [-0.2, -0.15) is 0 Å². The Morgan fingerprint density at radius 2 is 1.79 bits per heavy atom. The number of nitrogens with one attached hydrogen (secondary N) is 1. The predicted molar refractivity (Wildman–Crippen MR) is 98.0 cm³/mol. The lowest BCUT2D eigenvalue weighted by Gasteiger charge is -2.05. The van der Waals surface area contributed by atoms with E-state index in [1.807, 2.05) is 24.3 Å². The van der Waals surface area contributed by atoms with Crippen LogP contribution in [0.4, 0.5) is 11.6 Å². The van der Waals surface area contributed by atoms with E-state index in [9.17, 15) is 19.7 Å². The zero-order valence-electron chi connectivity index (χ0n) is 14.2. The van der Waals surface area contributed by atoms with Crippen LogP contribution in [-0.4, -0.2) is 23.4 Å². The molecule has 0 aliphatic carbocycles. The summed E-state index contributed by atoms with van der Waals surface area (Å²) >= 11 is 0. The van der Waals surface area contributed by atoms with E-state index in [1.165, 1.54) is 0 Å². The highest BCUT2D eigenvalue weighted by atomic mass is 16.7. The summed E-state index contributed by atoms with van der Waals surface area (Å²) in [5.74, 6) is -2.48. The van der Waals surface area contributed by atoms with Gasteiger partial charge in [0.1, 0.15) is 16.1 Å². The molecule has 2 aromatic carbocycles. The first-order valence-corrected chi connectivity index (χ1v) is 8.14. The lowest BCUT2D eigenvalue weighted by atomic mass is 10.1. The van der Waals surface area contributed by atoms with Crippen molar-refractivity contribution in [3.8, 4) is 0 Å². The van der Waals surface area contributed by atoms with E-state index in [4.69, 9.17) is 13.6 Å². The van der Waals surface area contributed by atoms with Crippen LogP contribution in [0.15, 0.2) is 63.4 Å². The van der Waals surface area contributed by atoms with Crippen LogP contribution >= 0.6 is 0 Å². The molecule has 28 heavy (non-hydrogen) atoms. The number of carbonyl (C=O) groups excluding carboxylic acids is 2. The van der Waals surface area contributed by atoms with Crippen LogP contribution < -0.4 is 5.32 Å². The molecule has 0 bridgehead atoms. The van der Waals surface area contributed by atoms with Crippen molar-refractivity contribution in [2.24, 2.45) is 0 Å². The highest BCUT2D eigenvalue weighted by molar-refractivity contribution is 6.07. The van der Waals surface area contributed by atoms with E-state index in [0.29, 0.717) is 11.3 Å². The Hall–Kier alpha value is -4.14. The molecule has 1 amide bonds. The molecular weight excluding hydrogens is 368 g/mol. The maximum absolute atomic E-state index is 12.0. The highest BCUT2D eigenvalue weighted by Gasteiger charge is 2.19. The van der Waals surface area contributed by atoms with E-state index in [0.717, 1.165) is 28.5 Å². The molecule has 0 aliphatic rings. The molecule has 2 aromatic heterocycles. The number of hydrogen-bond acceptors (Lipinski definition) is 7. The van der Waals surface area contributed by atoms with Gasteiger partial charge in [-0.3, -0.25) is 14.9 Å². The number of nitro groups is 1. The number of amides is 1. The number of hydrogen-bond donors (Lipinski definition) is 1. The van der Waals surface area contributed by atoms with Crippen molar-refractivity contribution in [2.75, 3.05) is 11.9 Å². The summed E-state index contributed by atoms with van der Waals surface area (Å²) in [7, 11) is 0. The van der Waals surface area contributed by atoms with Gasteiger partial charge in [0, 0.05) is 16.5 Å². The topological polar surface area (TPSA) is 125 Å². The van der Waals surface area contributed by atoms with Crippen molar-refractivity contribution in [3.05, 3.63) is 70.5 Å². The fraction of sp³-hybridized carbons (Fsp3) is 0.0526. The van der Waals surface area contributed by atoms with Crippen LogP contribution in [0.3, 0.4) is 0 Å². The lowest BCUT2D eigenvalue weighted by Crippen LogP contribution is -2.20. The number of esters is 1. The minimum Gasteiger partial charge on any atom is -0.456 e. The van der Waals surface area contributed by atoms with E-state index in [1.54, 1.807) is 18.2 Å². The third-order valence-corrected chi connectivity index (χ3v) is 3.97. The Morgan fingerprint density at radius 3 is 2.57 bits per heavy atom. The van der Waals surface area contributed by atoms with Gasteiger partial charge in [-0.05, 0) is 30.3 Å². The van der Waals surface area contributed by atoms with E-state index >= 15 is 0 Å². The molecule has 4 aromatic rings. The van der Waals surface area contributed by atoms with Gasteiger partial charge in [0.25, 0.3) is 5.91 Å². The number of ether oxygens (including phenoxy) is 1. The van der Waals surface area contributed by atoms with Crippen molar-refractivity contribution < 1.29 is 28.1 Å². The maximum Gasteiger partial charge on any atom is 0.433 e. The third-order valence-electron chi connectivity index (χ3n) is 3.97. The molecule has 0 saturated heterocycles. The van der Waals surface area contributed by atoms with E-state index in [2.05, 4.69) is 5.32 Å². The van der Waals surface area contributed by atoms with Gasteiger partial charge in [0.2, 0.25) is 5.76 Å². The molecule has 0 radical (unpaired) electrons. The third kappa shape index (κ3) is 3.28. The lowest BCUT2D eigenvalue weighted by molar-refractivity contribution is -0.402. The zero-order valence-corrected chi connectivity index (χ0v) is 14.2. The van der Waals surface area contributed by atoms with Crippen LogP contribution in [0.25, 0.3) is 21.9 Å². The van der Waals surface area contributed by atoms with Crippen LogP contribution in [0.1, 0.15) is 10.6 Å². The number of carbonyl (C=O) groups is 2. The summed E-state index contributed by atoms with van der Waals surface area (Å²) in [5, 5.41) is 14.9. The number of furan rings is 2. The van der Waals surface area contributed by atoms with Gasteiger partial charge in [-0.15, -0.1) is 0 Å². The first kappa shape index (κ1) is 17.3. The molecule has 0 unspecified atom stereocenters. The van der Waals surface area contributed by atoms with Crippen molar-refractivity contribution in [1.82, 2.24) is 0 Å². The van der Waals surface area contributed by atoms with Gasteiger partial charge >= 0.3 is 11.9 Å². The van der Waals surface area contributed by atoms with Crippen molar-refractivity contribution in [1.29, 1.82) is 0 Å². The van der Waals surface area contributed by atoms with Crippen molar-refractivity contribution >= 4 is 45.4 Å². The number of rotatable bonds is 5. The number of nitrogens with zero attached hydrogens (tertiary/aromatic N) is 1. The molecular formula is C19H12N2O7. The molecule has 1 N–H and O–H groups in total. The minimum absolute atomic E-state index is 0.356. The molecule has 0 fully saturated rings. The highest BCUT2D eigenvalue weighted by Crippen LogP contribution is 2.30. The molecule has 0 saturated carbocycles. The quantitative estimate of drug-likeness (QED) is 0.316. The number of para-hydroxylation sites is 1. The SMILES string of the molecule is O=C(COC(=O)c1ccc([N+](=O)[O-])o1)Nc1ccc2oc3ccccc3c2c1. The van der Waals surface area contributed by atoms with E-state index in [-0.39, 0.29) is 5.76 Å². The standard InChI is InChI=1S/C19H12N2O7/c22-17(10-26-19(23)16-7-8-18(28-16)21(24)25)20-11-5-6-15-13(9-11)12-3-1-2-4-14(12)27-15/h1-9H,10H2,(H,20,22). The summed E-state index contributed by atoms with van der Waals surface area (Å²) < 4.78 is 15.3. The molecule has 0 atom stereocenters. The van der Waals surface area contributed by atoms with Gasteiger partial charge in [0.05, 0.1) is 6.07 Å². The van der Waals surface area contributed by atoms with Crippen LogP contribution in [0, 0.1) is 10.1 Å². The molecule has 9 heteroatoms. The largest absolute Gasteiger partial charge is 0.456 e. The molecule has 2 heterocycles. The Balaban J connectivity index is 1.42. The second-order valence-electron chi connectivity index (χ2n) is 5.83. The zero-order chi connectivity index (χ0) is 19.7. The Kier molecular flexibility index (Phi) is 4.24. The number of benzene rings is 2. The van der Waals surface area contributed by atoms with E-state index < -0.39 is 29.3 Å². The number of anilines is 1. The smallest absolute Gasteiger partial charge is 0.433 e. The molecule has 0 spiro atoms. The fourth-order valence-corrected chi connectivity index (χ4v) is 2.74. The average molecular weight is 380 g/mol. The first-order chi connectivity index (χ1) is 13.5. The Morgan fingerprint density at radius 1 is 1.00 bits per heavy atom. The molecule has 9 nitrogen and oxygen atoms in total. The Bertz CT molecular complexity index is 1220.